The minimum Gasteiger partial charge on any atom is -0.469 e. The van der Waals surface area contributed by atoms with Crippen molar-refractivity contribution in [3.63, 3.8) is 0 Å². The summed E-state index contributed by atoms with van der Waals surface area (Å²) in [5, 5.41) is 2.75. The number of esters is 1. The van der Waals surface area contributed by atoms with Gasteiger partial charge in [-0.3, -0.25) is 9.59 Å². The lowest BCUT2D eigenvalue weighted by atomic mass is 10.1. The van der Waals surface area contributed by atoms with E-state index in [1.165, 1.54) is 7.11 Å². The highest BCUT2D eigenvalue weighted by atomic mass is 16.5. The number of hydrogen-bond acceptors (Lipinski definition) is 5. The molecule has 158 valence electrons. The summed E-state index contributed by atoms with van der Waals surface area (Å²) in [5.41, 5.74) is 1.15. The standard InChI is InChI=1S/C22H30N2O5/c1-28-21(26)11-7-2-3-8-16-24-19(12-13-20(24)25)17-29-22(27)23-15-14-18-9-5-4-6-10-18/h3-6,8-10,19H,2,7,11-17H2,1H3,(H,23,27). The molecular formula is C22H30N2O5. The maximum Gasteiger partial charge on any atom is 0.407 e. The van der Waals surface area contributed by atoms with Crippen LogP contribution >= 0.6 is 0 Å². The summed E-state index contributed by atoms with van der Waals surface area (Å²) in [6.07, 6.45) is 7.18. The maximum absolute atomic E-state index is 12.1. The number of rotatable bonds is 11. The summed E-state index contributed by atoms with van der Waals surface area (Å²) >= 11 is 0. The van der Waals surface area contributed by atoms with Gasteiger partial charge in [-0.25, -0.2) is 4.79 Å². The Bertz CT molecular complexity index is 690. The number of hydrogen-bond donors (Lipinski definition) is 1. The number of methoxy groups -OCH3 is 1. The Labute approximate surface area is 172 Å². The van der Waals surface area contributed by atoms with E-state index in [2.05, 4.69) is 10.1 Å². The molecule has 1 atom stereocenters. The number of allylic oxidation sites excluding steroid dienone is 1. The molecule has 1 aliphatic heterocycles. The number of benzene rings is 1. The van der Waals surface area contributed by atoms with E-state index < -0.39 is 6.09 Å². The summed E-state index contributed by atoms with van der Waals surface area (Å²) in [6.45, 7) is 1.18. The van der Waals surface area contributed by atoms with Gasteiger partial charge in [0.25, 0.3) is 0 Å². The van der Waals surface area contributed by atoms with Gasteiger partial charge in [0, 0.05) is 25.9 Å². The van der Waals surface area contributed by atoms with Crippen LogP contribution in [0.4, 0.5) is 4.79 Å². The minimum absolute atomic E-state index is 0.0716. The fourth-order valence-corrected chi connectivity index (χ4v) is 3.17. The van der Waals surface area contributed by atoms with Gasteiger partial charge in [0.15, 0.2) is 0 Å². The van der Waals surface area contributed by atoms with Crippen molar-refractivity contribution < 1.29 is 23.9 Å². The van der Waals surface area contributed by atoms with Crippen LogP contribution in [0.25, 0.3) is 0 Å². The molecule has 2 rings (SSSR count). The summed E-state index contributed by atoms with van der Waals surface area (Å²) in [7, 11) is 1.38. The fraction of sp³-hybridized carbons (Fsp3) is 0.500. The topological polar surface area (TPSA) is 84.9 Å². The van der Waals surface area contributed by atoms with E-state index in [0.717, 1.165) is 18.4 Å². The van der Waals surface area contributed by atoms with E-state index in [1.54, 1.807) is 4.90 Å². The molecule has 7 nitrogen and oxygen atoms in total. The first-order valence-corrected chi connectivity index (χ1v) is 10.1. The zero-order chi connectivity index (χ0) is 20.9. The molecule has 29 heavy (non-hydrogen) atoms. The van der Waals surface area contributed by atoms with Crippen molar-refractivity contribution in [3.8, 4) is 0 Å². The van der Waals surface area contributed by atoms with E-state index in [4.69, 9.17) is 4.74 Å². The van der Waals surface area contributed by atoms with E-state index in [0.29, 0.717) is 38.8 Å². The Morgan fingerprint density at radius 3 is 2.79 bits per heavy atom. The normalized spacial score (nSPS) is 16.2. The number of nitrogens with zero attached hydrogens (tertiary/aromatic N) is 1. The van der Waals surface area contributed by atoms with Crippen molar-refractivity contribution in [3.05, 3.63) is 48.0 Å². The third-order valence-electron chi connectivity index (χ3n) is 4.83. The van der Waals surface area contributed by atoms with E-state index in [9.17, 15) is 14.4 Å². The van der Waals surface area contributed by atoms with Crippen LogP contribution in [0.2, 0.25) is 0 Å². The van der Waals surface area contributed by atoms with Crippen molar-refractivity contribution in [1.82, 2.24) is 10.2 Å². The first-order chi connectivity index (χ1) is 14.1. The molecule has 0 saturated carbocycles. The largest absolute Gasteiger partial charge is 0.469 e. The zero-order valence-corrected chi connectivity index (χ0v) is 17.0. The lowest BCUT2D eigenvalue weighted by Crippen LogP contribution is -2.38. The molecule has 0 aliphatic carbocycles. The first kappa shape index (κ1) is 22.5. The molecule has 0 aromatic heterocycles. The van der Waals surface area contributed by atoms with Gasteiger partial charge in [0.05, 0.1) is 13.2 Å². The summed E-state index contributed by atoms with van der Waals surface area (Å²) < 4.78 is 9.90. The smallest absolute Gasteiger partial charge is 0.407 e. The maximum atomic E-state index is 12.1. The highest BCUT2D eigenvalue weighted by Gasteiger charge is 2.30. The number of carbonyl (C=O) groups is 3. The number of nitrogens with one attached hydrogen (secondary N) is 1. The molecular weight excluding hydrogens is 372 g/mol. The van der Waals surface area contributed by atoms with Gasteiger partial charge >= 0.3 is 12.1 Å². The highest BCUT2D eigenvalue weighted by Crippen LogP contribution is 2.19. The van der Waals surface area contributed by atoms with Gasteiger partial charge in [-0.2, -0.15) is 0 Å². The van der Waals surface area contributed by atoms with Crippen LogP contribution in [-0.4, -0.2) is 55.7 Å². The predicted molar refractivity (Wildman–Crippen MR) is 109 cm³/mol. The van der Waals surface area contributed by atoms with Crippen molar-refractivity contribution in [1.29, 1.82) is 0 Å². The van der Waals surface area contributed by atoms with Gasteiger partial charge in [-0.15, -0.1) is 0 Å². The molecule has 0 bridgehead atoms. The number of unbranched alkanes of at least 4 members (excludes halogenated alkanes) is 1. The van der Waals surface area contributed by atoms with Crippen molar-refractivity contribution in [2.75, 3.05) is 26.8 Å². The second-order valence-corrected chi connectivity index (χ2v) is 6.94. The van der Waals surface area contributed by atoms with Crippen LogP contribution in [-0.2, 0) is 25.5 Å². The van der Waals surface area contributed by atoms with Crippen LogP contribution in [0.3, 0.4) is 0 Å². The van der Waals surface area contributed by atoms with Crippen molar-refractivity contribution >= 4 is 18.0 Å². The Kier molecular flexibility index (Phi) is 9.75. The van der Waals surface area contributed by atoms with Gasteiger partial charge in [-0.1, -0.05) is 42.5 Å². The summed E-state index contributed by atoms with van der Waals surface area (Å²) in [5.74, 6) is -0.144. The molecule has 1 aromatic rings. The van der Waals surface area contributed by atoms with E-state index in [1.807, 2.05) is 42.5 Å². The lowest BCUT2D eigenvalue weighted by Gasteiger charge is -2.23. The molecule has 1 unspecified atom stereocenters. The van der Waals surface area contributed by atoms with Crippen LogP contribution < -0.4 is 5.32 Å². The van der Waals surface area contributed by atoms with Crippen LogP contribution in [0.5, 0.6) is 0 Å². The number of amides is 2. The van der Waals surface area contributed by atoms with E-state index in [-0.39, 0.29) is 24.5 Å². The number of ether oxygens (including phenoxy) is 2. The van der Waals surface area contributed by atoms with E-state index >= 15 is 0 Å². The molecule has 1 fully saturated rings. The summed E-state index contributed by atoms with van der Waals surface area (Å²) in [4.78, 5) is 36.8. The van der Waals surface area contributed by atoms with Gasteiger partial charge in [0.2, 0.25) is 5.91 Å². The molecule has 1 aliphatic rings. The van der Waals surface area contributed by atoms with Crippen LogP contribution in [0.15, 0.2) is 42.5 Å². The molecule has 1 saturated heterocycles. The SMILES string of the molecule is COC(=O)CCCC=CCN1C(=O)CCC1COC(=O)NCCc1ccccc1. The average Bonchev–Trinajstić information content (AvgIpc) is 3.09. The molecule has 7 heteroatoms. The highest BCUT2D eigenvalue weighted by molar-refractivity contribution is 5.79. The lowest BCUT2D eigenvalue weighted by molar-refractivity contribution is -0.140. The Morgan fingerprint density at radius 2 is 2.03 bits per heavy atom. The second kappa shape index (κ2) is 12.6. The number of likely N-dealkylation sites (tertiary alicyclic amines) is 1. The van der Waals surface area contributed by atoms with Gasteiger partial charge < -0.3 is 19.7 Å². The van der Waals surface area contributed by atoms with Crippen LogP contribution in [0.1, 0.15) is 37.7 Å². The fourth-order valence-electron chi connectivity index (χ4n) is 3.17. The van der Waals surface area contributed by atoms with Gasteiger partial charge in [0.1, 0.15) is 6.61 Å². The molecule has 1 heterocycles. The van der Waals surface area contributed by atoms with Crippen molar-refractivity contribution in [2.24, 2.45) is 0 Å². The third kappa shape index (κ3) is 8.37. The summed E-state index contributed by atoms with van der Waals surface area (Å²) in [6, 6.07) is 9.81. The Morgan fingerprint density at radius 1 is 1.24 bits per heavy atom. The van der Waals surface area contributed by atoms with Crippen LogP contribution in [0, 0.1) is 0 Å². The third-order valence-corrected chi connectivity index (χ3v) is 4.83. The predicted octanol–water partition coefficient (Wildman–Crippen LogP) is 2.85. The Balaban J connectivity index is 1.64. The number of alkyl carbamates (subject to hydrolysis) is 1. The second-order valence-electron chi connectivity index (χ2n) is 6.94. The first-order valence-electron chi connectivity index (χ1n) is 10.1. The molecule has 0 radical (unpaired) electrons. The minimum atomic E-state index is -0.460. The Hall–Kier alpha value is -2.83. The number of carbonyl (C=O) groups excluding carboxylic acids is 3. The average molecular weight is 402 g/mol. The molecule has 2 amide bonds. The van der Waals surface area contributed by atoms with Gasteiger partial charge in [-0.05, 0) is 31.2 Å². The quantitative estimate of drug-likeness (QED) is 0.349. The monoisotopic (exact) mass is 402 g/mol. The molecule has 1 aromatic carbocycles. The molecule has 0 spiro atoms. The zero-order valence-electron chi connectivity index (χ0n) is 17.0. The van der Waals surface area contributed by atoms with Crippen molar-refractivity contribution in [2.45, 2.75) is 44.6 Å². The molecule has 1 N–H and O–H groups in total.